The molecule has 2 heterocycles. The minimum Gasteiger partial charge on any atom is -0.496 e. The number of hydrogen-bond donors (Lipinski definition) is 1. The molecule has 28 heavy (non-hydrogen) atoms. The lowest BCUT2D eigenvalue weighted by Crippen LogP contribution is -2.27. The fraction of sp³-hybridized carbons (Fsp3) is 0.273. The number of anilines is 2. The molecule has 1 N–H and O–H groups in total. The topological polar surface area (TPSA) is 61.9 Å². The Labute approximate surface area is 164 Å². The van der Waals surface area contributed by atoms with Crippen LogP contribution in [0.3, 0.4) is 0 Å². The van der Waals surface area contributed by atoms with E-state index in [-0.39, 0.29) is 17.5 Å². The van der Waals surface area contributed by atoms with Gasteiger partial charge in [-0.2, -0.15) is 0 Å². The summed E-state index contributed by atoms with van der Waals surface area (Å²) in [6.07, 6.45) is 2.44. The smallest absolute Gasteiger partial charge is 0.277 e. The Hall–Kier alpha value is -3.28. The van der Waals surface area contributed by atoms with E-state index >= 15 is 0 Å². The van der Waals surface area contributed by atoms with Gasteiger partial charge in [0.15, 0.2) is 0 Å². The molecule has 2 aromatic carbocycles. The third-order valence-electron chi connectivity index (χ3n) is 5.27. The summed E-state index contributed by atoms with van der Waals surface area (Å²) in [5.41, 5.74) is 3.14. The standard InChI is InChI=1S/C22H23N3O3/c1-24-21(26)19(17-7-3-4-8-18(17)28-2)20(22(24)27)23-15-9-11-16(12-10-15)25-13-5-6-14-25/h3-4,7-12,23H,5-6,13-14H2,1-2H3. The molecule has 2 aliphatic heterocycles. The zero-order valence-corrected chi connectivity index (χ0v) is 16.1. The summed E-state index contributed by atoms with van der Waals surface area (Å²) >= 11 is 0. The SMILES string of the molecule is COc1ccccc1C1=C(Nc2ccc(N3CCCC3)cc2)C(=O)N(C)C1=O. The van der Waals surface area contributed by atoms with E-state index in [0.717, 1.165) is 23.7 Å². The monoisotopic (exact) mass is 377 g/mol. The van der Waals surface area contributed by atoms with Crippen LogP contribution in [0.5, 0.6) is 5.75 Å². The molecule has 144 valence electrons. The maximum absolute atomic E-state index is 12.8. The van der Waals surface area contributed by atoms with Crippen LogP contribution in [0, 0.1) is 0 Å². The summed E-state index contributed by atoms with van der Waals surface area (Å²) in [4.78, 5) is 28.9. The van der Waals surface area contributed by atoms with Gasteiger partial charge < -0.3 is 15.0 Å². The number of carbonyl (C=O) groups is 2. The van der Waals surface area contributed by atoms with Crippen LogP contribution in [0.25, 0.3) is 5.57 Å². The molecule has 0 saturated carbocycles. The van der Waals surface area contributed by atoms with Crippen molar-refractivity contribution in [1.82, 2.24) is 4.90 Å². The van der Waals surface area contributed by atoms with Crippen molar-refractivity contribution in [3.8, 4) is 5.75 Å². The number of rotatable bonds is 5. The molecule has 0 unspecified atom stereocenters. The average Bonchev–Trinajstić information content (AvgIpc) is 3.33. The molecule has 0 bridgehead atoms. The Morgan fingerprint density at radius 2 is 1.61 bits per heavy atom. The molecule has 6 nitrogen and oxygen atoms in total. The lowest BCUT2D eigenvalue weighted by atomic mass is 10.0. The van der Waals surface area contributed by atoms with Crippen molar-refractivity contribution in [3.05, 3.63) is 59.8 Å². The Balaban J connectivity index is 1.69. The Morgan fingerprint density at radius 3 is 2.29 bits per heavy atom. The zero-order chi connectivity index (χ0) is 19.7. The third kappa shape index (κ3) is 3.11. The zero-order valence-electron chi connectivity index (χ0n) is 16.1. The lowest BCUT2D eigenvalue weighted by Gasteiger charge is -2.18. The van der Waals surface area contributed by atoms with Gasteiger partial charge in [0.2, 0.25) is 0 Å². The van der Waals surface area contributed by atoms with Crippen molar-refractivity contribution >= 4 is 28.8 Å². The van der Waals surface area contributed by atoms with Crippen molar-refractivity contribution in [2.24, 2.45) is 0 Å². The normalized spacial score (nSPS) is 16.9. The van der Waals surface area contributed by atoms with E-state index in [1.807, 2.05) is 36.4 Å². The number of nitrogens with zero attached hydrogens (tertiary/aromatic N) is 2. The maximum Gasteiger partial charge on any atom is 0.277 e. The molecule has 2 aliphatic rings. The van der Waals surface area contributed by atoms with Gasteiger partial charge in [0.1, 0.15) is 11.4 Å². The van der Waals surface area contributed by atoms with E-state index in [1.54, 1.807) is 19.2 Å². The average molecular weight is 377 g/mol. The highest BCUT2D eigenvalue weighted by molar-refractivity contribution is 6.36. The molecule has 0 spiro atoms. The van der Waals surface area contributed by atoms with Crippen LogP contribution >= 0.6 is 0 Å². The number of nitrogens with one attached hydrogen (secondary N) is 1. The van der Waals surface area contributed by atoms with E-state index in [0.29, 0.717) is 16.9 Å². The van der Waals surface area contributed by atoms with Gasteiger partial charge in [-0.3, -0.25) is 14.5 Å². The predicted molar refractivity (Wildman–Crippen MR) is 109 cm³/mol. The number of likely N-dealkylation sites (N-methyl/N-ethyl adjacent to an activating group) is 1. The van der Waals surface area contributed by atoms with E-state index in [4.69, 9.17) is 4.74 Å². The Morgan fingerprint density at radius 1 is 0.929 bits per heavy atom. The largest absolute Gasteiger partial charge is 0.496 e. The van der Waals surface area contributed by atoms with E-state index in [2.05, 4.69) is 10.2 Å². The Kier molecular flexibility index (Phi) is 4.77. The first-order chi connectivity index (χ1) is 13.6. The highest BCUT2D eigenvalue weighted by Crippen LogP contribution is 2.34. The number of carbonyl (C=O) groups excluding carboxylic acids is 2. The Bertz CT molecular complexity index is 944. The van der Waals surface area contributed by atoms with Gasteiger partial charge in [0.25, 0.3) is 11.8 Å². The number of amides is 2. The fourth-order valence-corrected chi connectivity index (χ4v) is 3.73. The first kappa shape index (κ1) is 18.1. The van der Waals surface area contributed by atoms with Crippen molar-refractivity contribution in [3.63, 3.8) is 0 Å². The molecule has 0 aromatic heterocycles. The van der Waals surface area contributed by atoms with E-state index < -0.39 is 0 Å². The summed E-state index contributed by atoms with van der Waals surface area (Å²) in [5.74, 6) is -0.141. The third-order valence-corrected chi connectivity index (χ3v) is 5.27. The molecule has 6 heteroatoms. The molecule has 4 rings (SSSR count). The minimum atomic E-state index is -0.352. The van der Waals surface area contributed by atoms with Gasteiger partial charge in [0.05, 0.1) is 12.7 Å². The van der Waals surface area contributed by atoms with E-state index in [1.165, 1.54) is 25.6 Å². The maximum atomic E-state index is 12.8. The number of para-hydroxylation sites is 1. The van der Waals surface area contributed by atoms with Crippen LogP contribution in [0.1, 0.15) is 18.4 Å². The minimum absolute atomic E-state index is 0.269. The van der Waals surface area contributed by atoms with Gasteiger partial charge in [-0.25, -0.2) is 0 Å². The van der Waals surface area contributed by atoms with Crippen LogP contribution in [-0.2, 0) is 9.59 Å². The molecule has 1 saturated heterocycles. The van der Waals surface area contributed by atoms with Gasteiger partial charge in [-0.15, -0.1) is 0 Å². The van der Waals surface area contributed by atoms with Crippen LogP contribution < -0.4 is 15.0 Å². The highest BCUT2D eigenvalue weighted by atomic mass is 16.5. The van der Waals surface area contributed by atoms with Gasteiger partial charge in [-0.1, -0.05) is 18.2 Å². The number of benzene rings is 2. The highest BCUT2D eigenvalue weighted by Gasteiger charge is 2.38. The van der Waals surface area contributed by atoms with Gasteiger partial charge in [-0.05, 0) is 43.2 Å². The molecular weight excluding hydrogens is 354 g/mol. The fourth-order valence-electron chi connectivity index (χ4n) is 3.73. The summed E-state index contributed by atoms with van der Waals surface area (Å²) in [6, 6.07) is 15.2. The number of methoxy groups -OCH3 is 1. The van der Waals surface area contributed by atoms with Crippen LogP contribution in [-0.4, -0.2) is 44.0 Å². The van der Waals surface area contributed by atoms with Crippen LogP contribution in [0.2, 0.25) is 0 Å². The molecule has 0 atom stereocenters. The summed E-state index contributed by atoms with van der Waals surface area (Å²) in [5, 5.41) is 3.16. The molecule has 2 amide bonds. The summed E-state index contributed by atoms with van der Waals surface area (Å²) in [6.45, 7) is 2.15. The number of ether oxygens (including phenoxy) is 1. The van der Waals surface area contributed by atoms with Crippen LogP contribution in [0.4, 0.5) is 11.4 Å². The summed E-state index contributed by atoms with van der Waals surface area (Å²) in [7, 11) is 3.04. The second-order valence-corrected chi connectivity index (χ2v) is 6.99. The van der Waals surface area contributed by atoms with Gasteiger partial charge in [0, 0.05) is 37.1 Å². The van der Waals surface area contributed by atoms with Crippen molar-refractivity contribution in [2.45, 2.75) is 12.8 Å². The predicted octanol–water partition coefficient (Wildman–Crippen LogP) is 3.12. The summed E-state index contributed by atoms with van der Waals surface area (Å²) < 4.78 is 5.40. The van der Waals surface area contributed by atoms with Crippen molar-refractivity contribution in [2.75, 3.05) is 37.5 Å². The van der Waals surface area contributed by atoms with Crippen molar-refractivity contribution < 1.29 is 14.3 Å². The second kappa shape index (κ2) is 7.38. The molecule has 0 radical (unpaired) electrons. The molecule has 1 fully saturated rings. The first-order valence-electron chi connectivity index (χ1n) is 9.42. The second-order valence-electron chi connectivity index (χ2n) is 6.99. The van der Waals surface area contributed by atoms with Crippen molar-refractivity contribution in [1.29, 1.82) is 0 Å². The van der Waals surface area contributed by atoms with Gasteiger partial charge >= 0.3 is 0 Å². The first-order valence-corrected chi connectivity index (χ1v) is 9.42. The lowest BCUT2D eigenvalue weighted by molar-refractivity contribution is -0.135. The number of hydrogen-bond acceptors (Lipinski definition) is 5. The van der Waals surface area contributed by atoms with Crippen LogP contribution in [0.15, 0.2) is 54.2 Å². The van der Waals surface area contributed by atoms with E-state index in [9.17, 15) is 9.59 Å². The number of imide groups is 1. The molecule has 0 aliphatic carbocycles. The quantitative estimate of drug-likeness (QED) is 0.812. The molecule has 2 aromatic rings. The molecular formula is C22H23N3O3.